The van der Waals surface area contributed by atoms with E-state index in [9.17, 15) is 14.4 Å². The molecule has 1 fully saturated rings. The Morgan fingerprint density at radius 2 is 1.84 bits per heavy atom. The van der Waals surface area contributed by atoms with E-state index < -0.39 is 11.0 Å². The van der Waals surface area contributed by atoms with E-state index in [1.54, 1.807) is 21.9 Å². The van der Waals surface area contributed by atoms with Gasteiger partial charge in [-0.25, -0.2) is 4.79 Å². The van der Waals surface area contributed by atoms with E-state index in [2.05, 4.69) is 0 Å². The Kier molecular flexibility index (Phi) is 6.83. The van der Waals surface area contributed by atoms with Crippen LogP contribution < -0.4 is 10.2 Å². The maximum absolute atomic E-state index is 12.7. The zero-order valence-corrected chi connectivity index (χ0v) is 18.6. The van der Waals surface area contributed by atoms with Gasteiger partial charge < -0.3 is 18.9 Å². The number of aromatic nitrogens is 1. The molecule has 1 aromatic carbocycles. The van der Waals surface area contributed by atoms with Gasteiger partial charge in [-0.15, -0.1) is 0 Å². The van der Waals surface area contributed by atoms with Crippen molar-refractivity contribution < 1.29 is 19.1 Å². The van der Waals surface area contributed by atoms with E-state index in [1.807, 2.05) is 51.1 Å². The summed E-state index contributed by atoms with van der Waals surface area (Å²) in [7, 11) is 0. The van der Waals surface area contributed by atoms with Crippen LogP contribution in [0.4, 0.5) is 4.79 Å². The van der Waals surface area contributed by atoms with Crippen LogP contribution in [0.15, 0.2) is 47.5 Å². The lowest BCUT2D eigenvalue weighted by Crippen LogP contribution is -2.41. The topological polar surface area (TPSA) is 77.8 Å². The molecule has 0 spiro atoms. The van der Waals surface area contributed by atoms with Crippen LogP contribution in [0.2, 0.25) is 0 Å². The van der Waals surface area contributed by atoms with Crippen molar-refractivity contribution in [2.24, 2.45) is 0 Å². The molecule has 0 N–H and O–H groups in total. The SMILES string of the molecule is CC(=O)c1cn(C[C@@H]2CCCN2C(=O)OC(C)(C)C)cc(OCc2ccccc2)c1=O. The van der Waals surface area contributed by atoms with Crippen molar-refractivity contribution in [2.75, 3.05) is 6.54 Å². The largest absolute Gasteiger partial charge is 0.483 e. The summed E-state index contributed by atoms with van der Waals surface area (Å²) in [5.41, 5.74) is 0.0120. The minimum atomic E-state index is -0.568. The van der Waals surface area contributed by atoms with E-state index in [0.29, 0.717) is 13.1 Å². The lowest BCUT2D eigenvalue weighted by molar-refractivity contribution is 0.0213. The lowest BCUT2D eigenvalue weighted by atomic mass is 10.1. The molecule has 0 bridgehead atoms. The number of carbonyl (C=O) groups is 2. The number of likely N-dealkylation sites (tertiary alicyclic amines) is 1. The summed E-state index contributed by atoms with van der Waals surface area (Å²) in [4.78, 5) is 39.1. The summed E-state index contributed by atoms with van der Waals surface area (Å²) in [6.45, 7) is 8.18. The normalized spacial score (nSPS) is 16.3. The van der Waals surface area contributed by atoms with Crippen LogP contribution in [-0.2, 0) is 17.9 Å². The van der Waals surface area contributed by atoms with Gasteiger partial charge in [-0.1, -0.05) is 30.3 Å². The van der Waals surface area contributed by atoms with Crippen LogP contribution in [0.5, 0.6) is 5.75 Å². The highest BCUT2D eigenvalue weighted by Gasteiger charge is 2.32. The summed E-state index contributed by atoms with van der Waals surface area (Å²) in [6, 6.07) is 9.43. The van der Waals surface area contributed by atoms with Crippen LogP contribution in [0, 0.1) is 0 Å². The van der Waals surface area contributed by atoms with Crippen LogP contribution >= 0.6 is 0 Å². The quantitative estimate of drug-likeness (QED) is 0.652. The fraction of sp³-hybridized carbons (Fsp3) is 0.458. The van der Waals surface area contributed by atoms with E-state index in [1.165, 1.54) is 6.92 Å². The molecule has 1 saturated heterocycles. The number of carbonyl (C=O) groups excluding carboxylic acids is 2. The number of pyridine rings is 1. The van der Waals surface area contributed by atoms with Gasteiger partial charge in [-0.2, -0.15) is 0 Å². The molecule has 3 rings (SSSR count). The van der Waals surface area contributed by atoms with Gasteiger partial charge in [0, 0.05) is 19.3 Å². The van der Waals surface area contributed by atoms with Crippen molar-refractivity contribution in [2.45, 2.75) is 65.3 Å². The molecule has 0 aliphatic carbocycles. The molecule has 1 atom stereocenters. The minimum Gasteiger partial charge on any atom is -0.483 e. The van der Waals surface area contributed by atoms with Crippen molar-refractivity contribution in [1.82, 2.24) is 9.47 Å². The van der Waals surface area contributed by atoms with E-state index in [-0.39, 0.29) is 35.8 Å². The number of ketones is 1. The smallest absolute Gasteiger partial charge is 0.410 e. The summed E-state index contributed by atoms with van der Waals surface area (Å²) in [6.07, 6.45) is 4.51. The summed E-state index contributed by atoms with van der Waals surface area (Å²) >= 11 is 0. The summed E-state index contributed by atoms with van der Waals surface area (Å²) in [5, 5.41) is 0. The average molecular weight is 427 g/mol. The molecule has 2 aromatic rings. The number of Topliss-reactive ketones (excluding diaryl/α,β-unsaturated/α-hetero) is 1. The van der Waals surface area contributed by atoms with Gasteiger partial charge >= 0.3 is 6.09 Å². The first-order valence-electron chi connectivity index (χ1n) is 10.6. The van der Waals surface area contributed by atoms with Crippen molar-refractivity contribution in [3.05, 3.63) is 64.1 Å². The molecule has 31 heavy (non-hydrogen) atoms. The number of hydrogen-bond donors (Lipinski definition) is 0. The predicted octanol–water partition coefficient (Wildman–Crippen LogP) is 4.03. The zero-order valence-electron chi connectivity index (χ0n) is 18.6. The van der Waals surface area contributed by atoms with Crippen LogP contribution in [0.25, 0.3) is 0 Å². The fourth-order valence-corrected chi connectivity index (χ4v) is 3.63. The highest BCUT2D eigenvalue weighted by atomic mass is 16.6. The van der Waals surface area contributed by atoms with E-state index >= 15 is 0 Å². The molecule has 7 nitrogen and oxygen atoms in total. The Morgan fingerprint density at radius 1 is 1.13 bits per heavy atom. The first-order chi connectivity index (χ1) is 14.6. The molecule has 1 aromatic heterocycles. The van der Waals surface area contributed by atoms with Crippen molar-refractivity contribution in [3.63, 3.8) is 0 Å². The van der Waals surface area contributed by atoms with Crippen molar-refractivity contribution in [1.29, 1.82) is 0 Å². The van der Waals surface area contributed by atoms with Gasteiger partial charge in [0.2, 0.25) is 5.43 Å². The monoisotopic (exact) mass is 426 g/mol. The van der Waals surface area contributed by atoms with Crippen LogP contribution in [0.1, 0.15) is 56.5 Å². The lowest BCUT2D eigenvalue weighted by Gasteiger charge is -2.29. The Labute approximate surface area is 182 Å². The second kappa shape index (κ2) is 9.37. The van der Waals surface area contributed by atoms with E-state index in [0.717, 1.165) is 18.4 Å². The fourth-order valence-electron chi connectivity index (χ4n) is 3.63. The third kappa shape index (κ3) is 5.96. The molecule has 0 unspecified atom stereocenters. The predicted molar refractivity (Wildman–Crippen MR) is 117 cm³/mol. The number of rotatable bonds is 6. The Hall–Kier alpha value is -3.09. The highest BCUT2D eigenvalue weighted by molar-refractivity contribution is 5.94. The standard InChI is InChI=1S/C24H30N2O5/c1-17(27)20-14-25(13-19-11-8-12-26(19)23(29)31-24(2,3)4)15-21(22(20)28)30-16-18-9-6-5-7-10-18/h5-7,9-10,14-15,19H,8,11-13,16H2,1-4H3/t19-/m0/s1. The second-order valence-electron chi connectivity index (χ2n) is 8.86. The van der Waals surface area contributed by atoms with Crippen LogP contribution in [-0.4, -0.2) is 39.5 Å². The number of benzene rings is 1. The van der Waals surface area contributed by atoms with Crippen molar-refractivity contribution in [3.8, 4) is 5.75 Å². The molecule has 2 heterocycles. The Bertz CT molecular complexity index is 991. The molecule has 0 saturated carbocycles. The maximum Gasteiger partial charge on any atom is 0.410 e. The number of hydrogen-bond acceptors (Lipinski definition) is 5. The maximum atomic E-state index is 12.7. The summed E-state index contributed by atoms with van der Waals surface area (Å²) in [5.74, 6) is -0.197. The molecule has 166 valence electrons. The van der Waals surface area contributed by atoms with Crippen molar-refractivity contribution >= 4 is 11.9 Å². The molecule has 1 aliphatic heterocycles. The first kappa shape index (κ1) is 22.6. The third-order valence-corrected chi connectivity index (χ3v) is 5.09. The molecule has 1 aliphatic rings. The van der Waals surface area contributed by atoms with Gasteiger partial charge in [-0.3, -0.25) is 9.59 Å². The highest BCUT2D eigenvalue weighted by Crippen LogP contribution is 2.23. The molecular formula is C24H30N2O5. The van der Waals surface area contributed by atoms with Gasteiger partial charge in [0.25, 0.3) is 0 Å². The number of nitrogens with zero attached hydrogens (tertiary/aromatic N) is 2. The van der Waals surface area contributed by atoms with Gasteiger partial charge in [0.05, 0.1) is 17.8 Å². The molecule has 1 amide bonds. The van der Waals surface area contributed by atoms with Gasteiger partial charge in [0.15, 0.2) is 11.5 Å². The minimum absolute atomic E-state index is 0.0763. The second-order valence-corrected chi connectivity index (χ2v) is 8.86. The number of amides is 1. The molecule has 0 radical (unpaired) electrons. The Morgan fingerprint density at radius 3 is 2.48 bits per heavy atom. The molecular weight excluding hydrogens is 396 g/mol. The average Bonchev–Trinajstić information content (AvgIpc) is 3.15. The summed E-state index contributed by atoms with van der Waals surface area (Å²) < 4.78 is 13.1. The number of ether oxygens (including phenoxy) is 2. The Balaban J connectivity index is 1.81. The van der Waals surface area contributed by atoms with Gasteiger partial charge in [-0.05, 0) is 46.1 Å². The molecule has 7 heteroatoms. The van der Waals surface area contributed by atoms with Crippen LogP contribution in [0.3, 0.4) is 0 Å². The third-order valence-electron chi connectivity index (χ3n) is 5.09. The van der Waals surface area contributed by atoms with Gasteiger partial charge in [0.1, 0.15) is 12.2 Å². The zero-order chi connectivity index (χ0) is 22.6. The van der Waals surface area contributed by atoms with E-state index in [4.69, 9.17) is 9.47 Å². The first-order valence-corrected chi connectivity index (χ1v) is 10.6.